The molecule has 0 saturated heterocycles. The number of rotatable bonds is 4. The second-order valence-corrected chi connectivity index (χ2v) is 4.73. The van der Waals surface area contributed by atoms with Gasteiger partial charge in [-0.3, -0.25) is 4.79 Å². The van der Waals surface area contributed by atoms with Crippen LogP contribution in [0.4, 0.5) is 5.69 Å². The van der Waals surface area contributed by atoms with Crippen LogP contribution in [-0.2, 0) is 11.3 Å². The molecule has 1 aliphatic heterocycles. The maximum atomic E-state index is 12.2. The van der Waals surface area contributed by atoms with Crippen molar-refractivity contribution >= 4 is 11.6 Å². The molecule has 4 heteroatoms. The van der Waals surface area contributed by atoms with Crippen LogP contribution in [0.25, 0.3) is 0 Å². The Kier molecular flexibility index (Phi) is 3.23. The van der Waals surface area contributed by atoms with Crippen molar-refractivity contribution in [3.05, 3.63) is 54.4 Å². The fourth-order valence-electron chi connectivity index (χ4n) is 2.47. The summed E-state index contributed by atoms with van der Waals surface area (Å²) < 4.78 is 2.06. The number of hydrogen-bond donors (Lipinski definition) is 2. The van der Waals surface area contributed by atoms with Gasteiger partial charge in [0.2, 0.25) is 5.91 Å². The third-order valence-electron chi connectivity index (χ3n) is 3.48. The number of carbonyl (C=O) groups is 1. The molecule has 0 spiro atoms. The Labute approximate surface area is 112 Å². The molecule has 4 nitrogen and oxygen atoms in total. The Morgan fingerprint density at radius 2 is 2.05 bits per heavy atom. The summed E-state index contributed by atoms with van der Waals surface area (Å²) in [6.07, 6.45) is 4.00. The van der Waals surface area contributed by atoms with Crippen molar-refractivity contribution in [1.29, 1.82) is 0 Å². The molecule has 1 amide bonds. The molecule has 1 aliphatic rings. The molecule has 0 saturated carbocycles. The van der Waals surface area contributed by atoms with Crippen LogP contribution in [0.3, 0.4) is 0 Å². The zero-order valence-corrected chi connectivity index (χ0v) is 10.7. The van der Waals surface area contributed by atoms with Gasteiger partial charge in [0, 0.05) is 37.7 Å². The van der Waals surface area contributed by atoms with Gasteiger partial charge in [0.15, 0.2) is 0 Å². The van der Waals surface area contributed by atoms with E-state index in [4.69, 9.17) is 0 Å². The van der Waals surface area contributed by atoms with Gasteiger partial charge < -0.3 is 15.2 Å². The molecule has 1 aromatic heterocycles. The van der Waals surface area contributed by atoms with Crippen LogP contribution in [0.1, 0.15) is 11.5 Å². The highest BCUT2D eigenvalue weighted by atomic mass is 16.1. The van der Waals surface area contributed by atoms with Crippen molar-refractivity contribution in [2.45, 2.75) is 12.5 Å². The highest BCUT2D eigenvalue weighted by Gasteiger charge is 2.27. The number of para-hydroxylation sites is 1. The number of carbonyl (C=O) groups excluding carboxylic acids is 1. The highest BCUT2D eigenvalue weighted by Crippen LogP contribution is 2.30. The number of nitrogens with one attached hydrogen (secondary N) is 2. The summed E-state index contributed by atoms with van der Waals surface area (Å²) in [5, 5.41) is 6.27. The predicted molar refractivity (Wildman–Crippen MR) is 75.1 cm³/mol. The molecule has 2 aromatic rings. The molecular weight excluding hydrogens is 238 g/mol. The van der Waals surface area contributed by atoms with E-state index in [0.29, 0.717) is 13.1 Å². The van der Waals surface area contributed by atoms with Crippen LogP contribution in [0.15, 0.2) is 48.8 Å². The first-order valence-corrected chi connectivity index (χ1v) is 6.56. The van der Waals surface area contributed by atoms with Crippen LogP contribution >= 0.6 is 0 Å². The van der Waals surface area contributed by atoms with Gasteiger partial charge in [-0.25, -0.2) is 0 Å². The Morgan fingerprint density at radius 3 is 2.89 bits per heavy atom. The fraction of sp³-hybridized carbons (Fsp3) is 0.267. The van der Waals surface area contributed by atoms with Gasteiger partial charge in [-0.05, 0) is 23.8 Å². The first-order chi connectivity index (χ1) is 9.34. The lowest BCUT2D eigenvalue weighted by atomic mass is 10.0. The quantitative estimate of drug-likeness (QED) is 0.875. The normalized spacial score (nSPS) is 16.7. The summed E-state index contributed by atoms with van der Waals surface area (Å²) in [5.41, 5.74) is 2.18. The molecule has 98 valence electrons. The van der Waals surface area contributed by atoms with Gasteiger partial charge in [0.05, 0.1) is 5.92 Å². The minimum absolute atomic E-state index is 0.0686. The minimum Gasteiger partial charge on any atom is -0.384 e. The molecule has 0 aliphatic carbocycles. The fourth-order valence-corrected chi connectivity index (χ4v) is 2.47. The Bertz CT molecular complexity index is 563. The van der Waals surface area contributed by atoms with E-state index < -0.39 is 0 Å². The molecule has 2 heterocycles. The van der Waals surface area contributed by atoms with Crippen molar-refractivity contribution in [2.75, 3.05) is 18.4 Å². The van der Waals surface area contributed by atoms with Crippen molar-refractivity contribution in [2.24, 2.45) is 0 Å². The SMILES string of the molecule is O=C(NCCn1cccc1)C1CNc2ccccc21. The second-order valence-electron chi connectivity index (χ2n) is 4.73. The largest absolute Gasteiger partial charge is 0.384 e. The average Bonchev–Trinajstić information content (AvgIpc) is 3.07. The van der Waals surface area contributed by atoms with E-state index in [1.165, 1.54) is 0 Å². The molecule has 1 atom stereocenters. The molecule has 0 fully saturated rings. The van der Waals surface area contributed by atoms with Gasteiger partial charge in [-0.1, -0.05) is 18.2 Å². The number of aromatic nitrogens is 1. The van der Waals surface area contributed by atoms with Gasteiger partial charge >= 0.3 is 0 Å². The van der Waals surface area contributed by atoms with Crippen LogP contribution in [-0.4, -0.2) is 23.6 Å². The molecule has 0 bridgehead atoms. The van der Waals surface area contributed by atoms with E-state index in [1.807, 2.05) is 48.8 Å². The van der Waals surface area contributed by atoms with Crippen LogP contribution in [0.2, 0.25) is 0 Å². The van der Waals surface area contributed by atoms with E-state index in [1.54, 1.807) is 0 Å². The third kappa shape index (κ3) is 2.47. The van der Waals surface area contributed by atoms with Crippen LogP contribution in [0.5, 0.6) is 0 Å². The number of fused-ring (bicyclic) bond motifs is 1. The van der Waals surface area contributed by atoms with Crippen molar-refractivity contribution < 1.29 is 4.79 Å². The standard InChI is InChI=1S/C15H17N3O/c19-15(16-7-10-18-8-3-4-9-18)13-11-17-14-6-2-1-5-12(13)14/h1-6,8-9,13,17H,7,10-11H2,(H,16,19). The second kappa shape index (κ2) is 5.18. The Hall–Kier alpha value is -2.23. The smallest absolute Gasteiger partial charge is 0.229 e. The van der Waals surface area contributed by atoms with Gasteiger partial charge in [0.25, 0.3) is 0 Å². The molecule has 1 aromatic carbocycles. The number of hydrogen-bond acceptors (Lipinski definition) is 2. The molecular formula is C15H17N3O. The number of amides is 1. The summed E-state index contributed by atoms with van der Waals surface area (Å²) >= 11 is 0. The van der Waals surface area contributed by atoms with E-state index >= 15 is 0 Å². The third-order valence-corrected chi connectivity index (χ3v) is 3.48. The molecule has 1 unspecified atom stereocenters. The summed E-state index contributed by atoms with van der Waals surface area (Å²) in [6.45, 7) is 2.15. The zero-order chi connectivity index (χ0) is 13.1. The number of benzene rings is 1. The zero-order valence-electron chi connectivity index (χ0n) is 10.7. The van der Waals surface area contributed by atoms with Crippen LogP contribution < -0.4 is 10.6 Å². The van der Waals surface area contributed by atoms with E-state index in [-0.39, 0.29) is 11.8 Å². The molecule has 3 rings (SSSR count). The highest BCUT2D eigenvalue weighted by molar-refractivity contribution is 5.88. The van der Waals surface area contributed by atoms with Crippen LogP contribution in [0, 0.1) is 0 Å². The van der Waals surface area contributed by atoms with Gasteiger partial charge in [-0.2, -0.15) is 0 Å². The summed E-state index contributed by atoms with van der Waals surface area (Å²) in [4.78, 5) is 12.2. The molecule has 0 radical (unpaired) electrons. The predicted octanol–water partition coefficient (Wildman–Crippen LogP) is 1.81. The van der Waals surface area contributed by atoms with Gasteiger partial charge in [-0.15, -0.1) is 0 Å². The maximum absolute atomic E-state index is 12.2. The lowest BCUT2D eigenvalue weighted by molar-refractivity contribution is -0.122. The van der Waals surface area contributed by atoms with Crippen molar-refractivity contribution in [3.63, 3.8) is 0 Å². The van der Waals surface area contributed by atoms with Crippen molar-refractivity contribution in [1.82, 2.24) is 9.88 Å². The van der Waals surface area contributed by atoms with E-state index in [9.17, 15) is 4.79 Å². The Morgan fingerprint density at radius 1 is 1.26 bits per heavy atom. The summed E-state index contributed by atoms with van der Waals surface area (Å²) in [6, 6.07) is 12.0. The monoisotopic (exact) mass is 255 g/mol. The minimum atomic E-state index is -0.0686. The van der Waals surface area contributed by atoms with E-state index in [2.05, 4.69) is 15.2 Å². The average molecular weight is 255 g/mol. The molecule has 2 N–H and O–H groups in total. The summed E-state index contributed by atoms with van der Waals surface area (Å²) in [7, 11) is 0. The number of anilines is 1. The summed E-state index contributed by atoms with van der Waals surface area (Å²) in [5.74, 6) is 0.0328. The number of nitrogens with zero attached hydrogens (tertiary/aromatic N) is 1. The maximum Gasteiger partial charge on any atom is 0.229 e. The van der Waals surface area contributed by atoms with Gasteiger partial charge in [0.1, 0.15) is 0 Å². The lowest BCUT2D eigenvalue weighted by Gasteiger charge is -2.11. The first kappa shape index (κ1) is 11.8. The lowest BCUT2D eigenvalue weighted by Crippen LogP contribution is -2.32. The first-order valence-electron chi connectivity index (χ1n) is 6.56. The van der Waals surface area contributed by atoms with E-state index in [0.717, 1.165) is 17.8 Å². The molecule has 19 heavy (non-hydrogen) atoms. The van der Waals surface area contributed by atoms with Crippen molar-refractivity contribution in [3.8, 4) is 0 Å². The Balaban J connectivity index is 1.57. The topological polar surface area (TPSA) is 46.1 Å².